The van der Waals surface area contributed by atoms with Crippen LogP contribution in [-0.4, -0.2) is 47.0 Å². The van der Waals surface area contributed by atoms with Crippen molar-refractivity contribution in [2.45, 2.75) is 25.9 Å². The van der Waals surface area contributed by atoms with E-state index < -0.39 is 0 Å². The van der Waals surface area contributed by atoms with Crippen LogP contribution in [-0.2, 0) is 6.54 Å². The number of hydrogen-bond acceptors (Lipinski definition) is 4. The first-order valence-corrected chi connectivity index (χ1v) is 6.58. The Morgan fingerprint density at radius 3 is 2.72 bits per heavy atom. The van der Waals surface area contributed by atoms with Gasteiger partial charge in [-0.1, -0.05) is 13.0 Å². The van der Waals surface area contributed by atoms with Crippen LogP contribution in [0.2, 0.25) is 0 Å². The molecule has 4 nitrogen and oxygen atoms in total. The maximum absolute atomic E-state index is 9.07. The van der Waals surface area contributed by atoms with E-state index in [0.29, 0.717) is 0 Å². The minimum Gasteiger partial charge on any atom is -0.296 e. The molecule has 0 amide bonds. The second-order valence-corrected chi connectivity index (χ2v) is 4.73. The Hall–Kier alpha value is -1.44. The van der Waals surface area contributed by atoms with E-state index in [4.69, 9.17) is 5.26 Å². The minimum absolute atomic E-state index is 0.0885. The van der Waals surface area contributed by atoms with Crippen molar-refractivity contribution < 1.29 is 0 Å². The summed E-state index contributed by atoms with van der Waals surface area (Å²) in [4.78, 5) is 8.86. The smallest absolute Gasteiger partial charge is 0.0976 e. The summed E-state index contributed by atoms with van der Waals surface area (Å²) in [6.07, 6.45) is 4.65. The lowest BCUT2D eigenvalue weighted by molar-refractivity contribution is 0.108. The summed E-state index contributed by atoms with van der Waals surface area (Å²) in [6.45, 7) is 7.10. The van der Waals surface area contributed by atoms with E-state index in [1.54, 1.807) is 6.20 Å². The van der Waals surface area contributed by atoms with Crippen molar-refractivity contribution in [3.8, 4) is 6.07 Å². The Labute approximate surface area is 109 Å². The Kier molecular flexibility index (Phi) is 4.68. The molecule has 96 valence electrons. The van der Waals surface area contributed by atoms with Crippen molar-refractivity contribution in [2.75, 3.05) is 26.2 Å². The van der Waals surface area contributed by atoms with Crippen molar-refractivity contribution >= 4 is 0 Å². The average molecular weight is 244 g/mol. The summed E-state index contributed by atoms with van der Waals surface area (Å²) in [5, 5.41) is 9.07. The fourth-order valence-corrected chi connectivity index (χ4v) is 2.41. The lowest BCUT2D eigenvalue weighted by Gasteiger charge is -2.36. The fraction of sp³-hybridized carbons (Fsp3) is 0.571. The molecule has 18 heavy (non-hydrogen) atoms. The van der Waals surface area contributed by atoms with Crippen LogP contribution in [0.5, 0.6) is 0 Å². The zero-order valence-electron chi connectivity index (χ0n) is 10.9. The maximum atomic E-state index is 9.07. The van der Waals surface area contributed by atoms with E-state index in [1.807, 2.05) is 12.3 Å². The summed E-state index contributed by atoms with van der Waals surface area (Å²) < 4.78 is 0. The lowest BCUT2D eigenvalue weighted by atomic mass is 10.1. The quantitative estimate of drug-likeness (QED) is 0.805. The molecule has 0 aromatic carbocycles. The molecule has 1 unspecified atom stereocenters. The van der Waals surface area contributed by atoms with E-state index in [0.717, 1.165) is 39.1 Å². The molecule has 0 aliphatic carbocycles. The third kappa shape index (κ3) is 3.28. The maximum Gasteiger partial charge on any atom is 0.0976 e. The first-order chi connectivity index (χ1) is 8.83. The molecule has 1 fully saturated rings. The lowest BCUT2D eigenvalue weighted by Crippen LogP contribution is -2.49. The molecule has 1 aliphatic rings. The van der Waals surface area contributed by atoms with Crippen LogP contribution in [0.3, 0.4) is 0 Å². The van der Waals surface area contributed by atoms with Gasteiger partial charge in [-0.3, -0.25) is 14.8 Å². The number of aromatic nitrogens is 1. The van der Waals surface area contributed by atoms with Gasteiger partial charge in [0.15, 0.2) is 0 Å². The van der Waals surface area contributed by atoms with E-state index in [9.17, 15) is 0 Å². The number of pyridine rings is 1. The van der Waals surface area contributed by atoms with Crippen molar-refractivity contribution in [3.63, 3.8) is 0 Å². The summed E-state index contributed by atoms with van der Waals surface area (Å²) in [5.41, 5.74) is 1.26. The van der Waals surface area contributed by atoms with Crippen LogP contribution in [0.25, 0.3) is 0 Å². The summed E-state index contributed by atoms with van der Waals surface area (Å²) in [5.74, 6) is 0. The highest BCUT2D eigenvalue weighted by atomic mass is 15.3. The van der Waals surface area contributed by atoms with Crippen LogP contribution in [0.15, 0.2) is 24.5 Å². The minimum atomic E-state index is 0.0885. The Bertz CT molecular complexity index is 390. The zero-order chi connectivity index (χ0) is 12.8. The molecular formula is C14H20N4. The third-order valence-electron chi connectivity index (χ3n) is 3.51. The molecule has 4 heteroatoms. The van der Waals surface area contributed by atoms with Gasteiger partial charge in [-0.2, -0.15) is 5.26 Å². The number of nitriles is 1. The van der Waals surface area contributed by atoms with Gasteiger partial charge < -0.3 is 0 Å². The molecule has 0 N–H and O–H groups in total. The van der Waals surface area contributed by atoms with Gasteiger partial charge in [0.05, 0.1) is 12.1 Å². The second-order valence-electron chi connectivity index (χ2n) is 4.73. The molecule has 1 saturated heterocycles. The van der Waals surface area contributed by atoms with Gasteiger partial charge in [-0.05, 0) is 18.1 Å². The molecule has 0 spiro atoms. The number of piperazine rings is 1. The standard InChI is InChI=1S/C14H20N4/c1-2-14(10-15)18-8-6-17(7-9-18)12-13-4-3-5-16-11-13/h3-5,11,14H,2,6-9,12H2,1H3. The first kappa shape index (κ1) is 13.0. The second kappa shape index (κ2) is 6.48. The number of hydrogen-bond donors (Lipinski definition) is 0. The molecule has 1 aromatic rings. The largest absolute Gasteiger partial charge is 0.296 e. The van der Waals surface area contributed by atoms with Crippen molar-refractivity contribution in [3.05, 3.63) is 30.1 Å². The van der Waals surface area contributed by atoms with Crippen LogP contribution in [0.1, 0.15) is 18.9 Å². The molecule has 1 atom stereocenters. The van der Waals surface area contributed by atoms with E-state index in [-0.39, 0.29) is 6.04 Å². The summed E-state index contributed by atoms with van der Waals surface area (Å²) in [7, 11) is 0. The Morgan fingerprint density at radius 1 is 1.39 bits per heavy atom. The Balaban J connectivity index is 1.82. The summed E-state index contributed by atoms with van der Waals surface area (Å²) >= 11 is 0. The molecule has 2 rings (SSSR count). The van der Waals surface area contributed by atoms with Gasteiger partial charge in [0.25, 0.3) is 0 Å². The first-order valence-electron chi connectivity index (χ1n) is 6.58. The van der Waals surface area contributed by atoms with Gasteiger partial charge in [0.1, 0.15) is 0 Å². The molecule has 1 aromatic heterocycles. The van der Waals surface area contributed by atoms with E-state index in [1.165, 1.54) is 5.56 Å². The molecule has 2 heterocycles. The molecule has 0 saturated carbocycles. The Morgan fingerprint density at radius 2 is 2.17 bits per heavy atom. The highest BCUT2D eigenvalue weighted by Gasteiger charge is 2.22. The van der Waals surface area contributed by atoms with Gasteiger partial charge >= 0.3 is 0 Å². The highest BCUT2D eigenvalue weighted by Crippen LogP contribution is 2.11. The molecule has 0 radical (unpaired) electrons. The van der Waals surface area contributed by atoms with Crippen molar-refractivity contribution in [2.24, 2.45) is 0 Å². The van der Waals surface area contributed by atoms with E-state index >= 15 is 0 Å². The third-order valence-corrected chi connectivity index (χ3v) is 3.51. The zero-order valence-corrected chi connectivity index (χ0v) is 10.9. The van der Waals surface area contributed by atoms with E-state index in [2.05, 4.69) is 33.8 Å². The van der Waals surface area contributed by atoms with Gasteiger partial charge in [-0.25, -0.2) is 0 Å². The van der Waals surface area contributed by atoms with Gasteiger partial charge in [0, 0.05) is 45.1 Å². The summed E-state index contributed by atoms with van der Waals surface area (Å²) in [6, 6.07) is 6.57. The number of nitrogens with zero attached hydrogens (tertiary/aromatic N) is 4. The van der Waals surface area contributed by atoms with Gasteiger partial charge in [-0.15, -0.1) is 0 Å². The van der Waals surface area contributed by atoms with Crippen LogP contribution in [0, 0.1) is 11.3 Å². The average Bonchev–Trinajstić information content (AvgIpc) is 2.43. The highest BCUT2D eigenvalue weighted by molar-refractivity contribution is 5.08. The number of rotatable bonds is 4. The van der Waals surface area contributed by atoms with Crippen LogP contribution in [0.4, 0.5) is 0 Å². The van der Waals surface area contributed by atoms with Crippen molar-refractivity contribution in [1.29, 1.82) is 5.26 Å². The van der Waals surface area contributed by atoms with Crippen LogP contribution < -0.4 is 0 Å². The monoisotopic (exact) mass is 244 g/mol. The fourth-order valence-electron chi connectivity index (χ4n) is 2.41. The molecular weight excluding hydrogens is 224 g/mol. The predicted octanol–water partition coefficient (Wildman–Crippen LogP) is 1.50. The predicted molar refractivity (Wildman–Crippen MR) is 70.8 cm³/mol. The van der Waals surface area contributed by atoms with Crippen LogP contribution >= 0.6 is 0 Å². The SMILES string of the molecule is CCC(C#N)N1CCN(Cc2cccnc2)CC1. The van der Waals surface area contributed by atoms with Gasteiger partial charge in [0.2, 0.25) is 0 Å². The van der Waals surface area contributed by atoms with Crippen molar-refractivity contribution in [1.82, 2.24) is 14.8 Å². The topological polar surface area (TPSA) is 43.2 Å². The molecule has 1 aliphatic heterocycles. The normalized spacial score (nSPS) is 19.3. The molecule has 0 bridgehead atoms.